The number of ether oxygens (including phenoxy) is 1. The summed E-state index contributed by atoms with van der Waals surface area (Å²) < 4.78 is 5.92. The Balaban J connectivity index is 1.16. The highest BCUT2D eigenvalue weighted by Crippen LogP contribution is 2.44. The summed E-state index contributed by atoms with van der Waals surface area (Å²) in [6, 6.07) is 29.3. The van der Waals surface area contributed by atoms with Crippen LogP contribution in [-0.4, -0.2) is 61.7 Å². The Hall–Kier alpha value is -4.59. The van der Waals surface area contributed by atoms with Gasteiger partial charge in [-0.2, -0.15) is 0 Å². The van der Waals surface area contributed by atoms with Gasteiger partial charge >= 0.3 is 6.09 Å². The number of hydrogen-bond donors (Lipinski definition) is 2. The molecule has 234 valence electrons. The average Bonchev–Trinajstić information content (AvgIpc) is 3.61. The van der Waals surface area contributed by atoms with E-state index in [1.807, 2.05) is 91.9 Å². The zero-order chi connectivity index (χ0) is 31.8. The molecule has 2 aliphatic rings. The number of nitrogens with one attached hydrogen (secondary N) is 2. The summed E-state index contributed by atoms with van der Waals surface area (Å²) >= 11 is 6.45. The van der Waals surface area contributed by atoms with Crippen LogP contribution in [0.2, 0.25) is 5.02 Å². The number of aromatic amines is 1. The summed E-state index contributed by atoms with van der Waals surface area (Å²) in [5.41, 5.74) is 8.39. The minimum Gasteiger partial charge on any atom is -0.449 e. The lowest BCUT2D eigenvalue weighted by molar-refractivity contribution is -0.120. The monoisotopic (exact) mass is 632 g/mol. The van der Waals surface area contributed by atoms with Crippen molar-refractivity contribution in [3.05, 3.63) is 124 Å². The first-order chi connectivity index (χ1) is 22.4. The van der Waals surface area contributed by atoms with E-state index < -0.39 is 12.1 Å². The molecule has 2 heterocycles. The normalized spacial score (nSPS) is 16.2. The van der Waals surface area contributed by atoms with E-state index in [4.69, 9.17) is 16.3 Å². The molecule has 0 fully saturated rings. The Morgan fingerprint density at radius 2 is 1.67 bits per heavy atom. The van der Waals surface area contributed by atoms with E-state index in [-0.39, 0.29) is 24.3 Å². The van der Waals surface area contributed by atoms with Gasteiger partial charge in [0.1, 0.15) is 12.6 Å². The van der Waals surface area contributed by atoms with Crippen molar-refractivity contribution in [1.82, 2.24) is 15.2 Å². The Bertz CT molecular complexity index is 1870. The number of alkyl carbamates (subject to hydrolysis) is 1. The molecule has 1 aliphatic carbocycles. The van der Waals surface area contributed by atoms with Crippen molar-refractivity contribution < 1.29 is 14.3 Å². The maximum Gasteiger partial charge on any atom is 0.407 e. The topological polar surface area (TPSA) is 77.7 Å². The maximum atomic E-state index is 14.6. The summed E-state index contributed by atoms with van der Waals surface area (Å²) in [5.74, 6) is -0.0367. The number of rotatable bonds is 8. The van der Waals surface area contributed by atoms with Gasteiger partial charge in [0.25, 0.3) is 0 Å². The van der Waals surface area contributed by atoms with E-state index in [2.05, 4.69) is 39.5 Å². The lowest BCUT2D eigenvalue weighted by Gasteiger charge is -2.37. The molecule has 46 heavy (non-hydrogen) atoms. The second-order valence-corrected chi connectivity index (χ2v) is 13.1. The first kappa shape index (κ1) is 30.1. The van der Waals surface area contributed by atoms with Crippen LogP contribution < -0.4 is 10.2 Å². The third-order valence-electron chi connectivity index (χ3n) is 9.21. The number of amides is 2. The standard InChI is InChI=1S/C38H37ClN4O3/c1-42(2)21-24-17-25-15-16-27(39)19-36(25)43(22-24)37(44)35(18-26-20-40-34-14-8-7-9-28(26)34)41-38(45)46-23-33-31-12-5-3-10-29(31)30-11-4-6-13-32(30)33/h3-16,19-20,24,33,35,40H,17-18,21-23H2,1-2H3,(H,41,45)/t24?,35-/m1/s1. The van der Waals surface area contributed by atoms with Gasteiger partial charge in [-0.3, -0.25) is 4.79 Å². The van der Waals surface area contributed by atoms with Gasteiger partial charge in [0.05, 0.1) is 0 Å². The number of fused-ring (bicyclic) bond motifs is 5. The van der Waals surface area contributed by atoms with Crippen LogP contribution in [0.4, 0.5) is 10.5 Å². The first-order valence-electron chi connectivity index (χ1n) is 15.8. The molecule has 0 spiro atoms. The van der Waals surface area contributed by atoms with E-state index in [0.29, 0.717) is 18.0 Å². The van der Waals surface area contributed by atoms with Crippen LogP contribution in [0.15, 0.2) is 97.2 Å². The van der Waals surface area contributed by atoms with Crippen molar-refractivity contribution in [2.24, 2.45) is 5.92 Å². The molecule has 1 aromatic heterocycles. The summed E-state index contributed by atoms with van der Waals surface area (Å²) in [5, 5.41) is 4.57. The Labute approximate surface area is 274 Å². The van der Waals surface area contributed by atoms with Crippen LogP contribution in [0.1, 0.15) is 28.2 Å². The highest BCUT2D eigenvalue weighted by atomic mass is 35.5. The van der Waals surface area contributed by atoms with Gasteiger partial charge in [0.15, 0.2) is 0 Å². The number of nitrogens with zero attached hydrogens (tertiary/aromatic N) is 2. The summed E-state index contributed by atoms with van der Waals surface area (Å²) in [7, 11) is 4.09. The molecule has 2 N–H and O–H groups in total. The number of carbonyl (C=O) groups is 2. The van der Waals surface area contributed by atoms with Gasteiger partial charge in [-0.25, -0.2) is 4.79 Å². The molecule has 0 bridgehead atoms. The number of hydrogen-bond acceptors (Lipinski definition) is 4. The summed E-state index contributed by atoms with van der Waals surface area (Å²) in [6.07, 6.45) is 2.45. The number of aromatic nitrogens is 1. The molecule has 5 aromatic rings. The lowest BCUT2D eigenvalue weighted by atomic mass is 9.91. The molecule has 0 saturated heterocycles. The van der Waals surface area contributed by atoms with Crippen molar-refractivity contribution >= 4 is 40.2 Å². The lowest BCUT2D eigenvalue weighted by Crippen LogP contribution is -2.53. The average molecular weight is 633 g/mol. The minimum absolute atomic E-state index is 0.0798. The second kappa shape index (κ2) is 12.7. The number of para-hydroxylation sites is 1. The fourth-order valence-corrected chi connectivity index (χ4v) is 7.40. The fraction of sp³-hybridized carbons (Fsp3) is 0.263. The van der Waals surface area contributed by atoms with Gasteiger partial charge < -0.3 is 24.8 Å². The van der Waals surface area contributed by atoms with Gasteiger partial charge in [-0.15, -0.1) is 0 Å². The van der Waals surface area contributed by atoms with Crippen molar-refractivity contribution in [2.75, 3.05) is 38.7 Å². The molecule has 1 unspecified atom stereocenters. The summed E-state index contributed by atoms with van der Waals surface area (Å²) in [6.45, 7) is 1.53. The number of anilines is 1. The van der Waals surface area contributed by atoms with Crippen molar-refractivity contribution in [3.63, 3.8) is 0 Å². The maximum absolute atomic E-state index is 14.6. The summed E-state index contributed by atoms with van der Waals surface area (Å²) in [4.78, 5) is 35.4. The van der Waals surface area contributed by atoms with Gasteiger partial charge in [-0.1, -0.05) is 84.4 Å². The molecule has 2 atom stereocenters. The Kier molecular flexibility index (Phi) is 8.28. The molecular weight excluding hydrogens is 596 g/mol. The van der Waals surface area contributed by atoms with Crippen molar-refractivity contribution in [1.29, 1.82) is 0 Å². The van der Waals surface area contributed by atoms with Crippen molar-refractivity contribution in [2.45, 2.75) is 24.8 Å². The zero-order valence-electron chi connectivity index (χ0n) is 26.0. The SMILES string of the molecule is CN(C)CC1Cc2ccc(Cl)cc2N(C(=O)[C@@H](Cc2c[nH]c3ccccc23)NC(=O)OCC2c3ccccc3-c3ccccc32)C1. The van der Waals surface area contributed by atoms with E-state index in [1.165, 1.54) is 0 Å². The van der Waals surface area contributed by atoms with Crippen LogP contribution in [0.3, 0.4) is 0 Å². The third kappa shape index (κ3) is 5.88. The number of halogens is 1. The Morgan fingerprint density at radius 3 is 2.41 bits per heavy atom. The molecule has 8 heteroatoms. The molecular formula is C38H37ClN4O3. The van der Waals surface area contributed by atoms with Gasteiger partial charge in [0.2, 0.25) is 5.91 Å². The molecule has 1 aliphatic heterocycles. The van der Waals surface area contributed by atoms with E-state index in [1.54, 1.807) is 0 Å². The highest BCUT2D eigenvalue weighted by Gasteiger charge is 2.35. The van der Waals surface area contributed by atoms with E-state index in [9.17, 15) is 9.59 Å². The van der Waals surface area contributed by atoms with Crippen molar-refractivity contribution in [3.8, 4) is 11.1 Å². The van der Waals surface area contributed by atoms with Crippen LogP contribution in [0.25, 0.3) is 22.0 Å². The van der Waals surface area contributed by atoms with E-state index >= 15 is 0 Å². The number of benzene rings is 4. The quantitative estimate of drug-likeness (QED) is 0.192. The van der Waals surface area contributed by atoms with Crippen LogP contribution >= 0.6 is 11.6 Å². The Morgan fingerprint density at radius 1 is 0.978 bits per heavy atom. The molecule has 0 saturated carbocycles. The highest BCUT2D eigenvalue weighted by molar-refractivity contribution is 6.31. The van der Waals surface area contributed by atoms with Crippen LogP contribution in [0.5, 0.6) is 0 Å². The molecule has 7 rings (SSSR count). The number of carbonyl (C=O) groups excluding carboxylic acids is 2. The largest absolute Gasteiger partial charge is 0.449 e. The minimum atomic E-state index is -0.861. The zero-order valence-corrected chi connectivity index (χ0v) is 26.8. The smallest absolute Gasteiger partial charge is 0.407 e. The van der Waals surface area contributed by atoms with Crippen LogP contribution in [-0.2, 0) is 22.4 Å². The third-order valence-corrected chi connectivity index (χ3v) is 9.44. The van der Waals surface area contributed by atoms with Crippen LogP contribution in [0, 0.1) is 5.92 Å². The molecule has 7 nitrogen and oxygen atoms in total. The molecule has 0 radical (unpaired) electrons. The molecule has 2 amide bonds. The number of H-pyrrole nitrogens is 1. The molecule has 4 aromatic carbocycles. The second-order valence-electron chi connectivity index (χ2n) is 12.6. The predicted octanol–water partition coefficient (Wildman–Crippen LogP) is 7.04. The predicted molar refractivity (Wildman–Crippen MR) is 184 cm³/mol. The van der Waals surface area contributed by atoms with E-state index in [0.717, 1.165) is 62.9 Å². The van der Waals surface area contributed by atoms with Gasteiger partial charge in [-0.05, 0) is 78.0 Å². The van der Waals surface area contributed by atoms with Gasteiger partial charge in [0, 0.05) is 53.2 Å². The fourth-order valence-electron chi connectivity index (χ4n) is 7.23. The first-order valence-corrected chi connectivity index (χ1v) is 16.1.